The van der Waals surface area contributed by atoms with Crippen molar-refractivity contribution < 1.29 is 22.3 Å². The van der Waals surface area contributed by atoms with Crippen LogP contribution in [0.15, 0.2) is 66.8 Å². The van der Waals surface area contributed by atoms with Crippen molar-refractivity contribution in [2.24, 2.45) is 5.92 Å². The molecule has 1 nitrogen and oxygen atoms in total. The number of hydrogen-bond donors (Lipinski definition) is 0. The third kappa shape index (κ3) is 8.61. The van der Waals surface area contributed by atoms with Crippen LogP contribution in [0, 0.1) is 29.2 Å². The van der Waals surface area contributed by atoms with Crippen molar-refractivity contribution in [3.63, 3.8) is 0 Å². The van der Waals surface area contributed by atoms with Crippen LogP contribution in [0.3, 0.4) is 0 Å². The fourth-order valence-corrected chi connectivity index (χ4v) is 5.87. The monoisotopic (exact) mass is 592 g/mol. The lowest BCUT2D eigenvalue weighted by molar-refractivity contribution is 0.332. The minimum absolute atomic E-state index is 0.0667. The van der Waals surface area contributed by atoms with E-state index in [1.54, 1.807) is 42.5 Å². The van der Waals surface area contributed by atoms with Crippen LogP contribution in [-0.4, -0.2) is 6.61 Å². The quantitative estimate of drug-likeness (QED) is 0.0969. The van der Waals surface area contributed by atoms with E-state index in [4.69, 9.17) is 4.74 Å². The van der Waals surface area contributed by atoms with Crippen molar-refractivity contribution in [3.05, 3.63) is 95.6 Å². The van der Waals surface area contributed by atoms with Crippen LogP contribution in [0.5, 0.6) is 5.75 Å². The summed E-state index contributed by atoms with van der Waals surface area (Å²) in [4.78, 5) is 0. The maximum Gasteiger partial charge on any atom is 0.201 e. The number of halogens is 4. The standard InChI is InChI=1S/C38H44F4O/c1-3-5-7-8-9-10-11-13-27-14-16-28(17-15-27)31-22-23-32(36(40)35(31)39)29-18-20-30(21-19-29)33-24-25-34(38(42)37(33)41)43-26-12-6-4-2/h6,12,16,18-25,27H,3-5,7-11,13-15,17,26H2,1-2H3/b12-6+. The Hall–Kier alpha value is -3.34. The molecule has 0 spiro atoms. The van der Waals surface area contributed by atoms with E-state index in [1.807, 2.05) is 13.0 Å². The van der Waals surface area contributed by atoms with Gasteiger partial charge in [-0.2, -0.15) is 4.39 Å². The summed E-state index contributed by atoms with van der Waals surface area (Å²) in [6.45, 7) is 4.35. The second kappa shape index (κ2) is 16.5. The molecule has 1 aliphatic carbocycles. The van der Waals surface area contributed by atoms with Crippen LogP contribution < -0.4 is 4.74 Å². The molecule has 0 radical (unpaired) electrons. The van der Waals surface area contributed by atoms with E-state index in [0.29, 0.717) is 22.6 Å². The summed E-state index contributed by atoms with van der Waals surface area (Å²) >= 11 is 0. The van der Waals surface area contributed by atoms with Crippen LogP contribution in [0.25, 0.3) is 27.8 Å². The van der Waals surface area contributed by atoms with Gasteiger partial charge in [0, 0.05) is 16.7 Å². The molecule has 4 rings (SSSR count). The van der Waals surface area contributed by atoms with Crippen LogP contribution >= 0.6 is 0 Å². The van der Waals surface area contributed by atoms with Gasteiger partial charge < -0.3 is 4.74 Å². The molecule has 0 fully saturated rings. The normalized spacial score (nSPS) is 15.2. The Bertz CT molecular complexity index is 1390. The van der Waals surface area contributed by atoms with E-state index in [2.05, 4.69) is 13.0 Å². The molecule has 3 aromatic rings. The largest absolute Gasteiger partial charge is 0.486 e. The molecule has 1 unspecified atom stereocenters. The highest BCUT2D eigenvalue weighted by atomic mass is 19.2. The summed E-state index contributed by atoms with van der Waals surface area (Å²) in [5, 5.41) is 0. The molecule has 0 N–H and O–H groups in total. The average Bonchev–Trinajstić information content (AvgIpc) is 3.03. The molecule has 3 aromatic carbocycles. The number of benzene rings is 3. The summed E-state index contributed by atoms with van der Waals surface area (Å²) in [6.07, 6.45) is 19.5. The minimum atomic E-state index is -1.06. The van der Waals surface area contributed by atoms with Crippen molar-refractivity contribution in [1.82, 2.24) is 0 Å². The van der Waals surface area contributed by atoms with Crippen LogP contribution in [0.2, 0.25) is 0 Å². The zero-order valence-corrected chi connectivity index (χ0v) is 25.5. The number of hydrogen-bond acceptors (Lipinski definition) is 1. The highest BCUT2D eigenvalue weighted by Gasteiger charge is 2.21. The van der Waals surface area contributed by atoms with Gasteiger partial charge in [0.25, 0.3) is 0 Å². The molecule has 0 saturated carbocycles. The van der Waals surface area contributed by atoms with Gasteiger partial charge in [0.1, 0.15) is 6.61 Å². The molecule has 0 bridgehead atoms. The Balaban J connectivity index is 1.39. The molecule has 0 aliphatic heterocycles. The van der Waals surface area contributed by atoms with E-state index < -0.39 is 23.3 Å². The molecular formula is C38H44F4O. The number of ether oxygens (including phenoxy) is 1. The van der Waals surface area contributed by atoms with Crippen molar-refractivity contribution in [3.8, 4) is 28.0 Å². The summed E-state index contributed by atoms with van der Waals surface area (Å²) in [7, 11) is 0. The SMILES string of the molecule is CC/C=C/COc1ccc(-c2ccc(-c3ccc(C4=CCC(CCCCCCCCC)CC4)c(F)c3F)cc2)c(F)c1F. The molecular weight excluding hydrogens is 548 g/mol. The first kappa shape index (κ1) is 32.6. The lowest BCUT2D eigenvalue weighted by Gasteiger charge is -2.23. The highest BCUT2D eigenvalue weighted by molar-refractivity contribution is 5.74. The summed E-state index contributed by atoms with van der Waals surface area (Å²) in [5.74, 6) is -3.35. The second-order valence-electron chi connectivity index (χ2n) is 11.6. The molecule has 43 heavy (non-hydrogen) atoms. The summed E-state index contributed by atoms with van der Waals surface area (Å²) in [6, 6.07) is 12.5. The Morgan fingerprint density at radius 1 is 0.674 bits per heavy atom. The van der Waals surface area contributed by atoms with Crippen molar-refractivity contribution in [2.75, 3.05) is 6.61 Å². The fourth-order valence-electron chi connectivity index (χ4n) is 5.87. The van der Waals surface area contributed by atoms with Gasteiger partial charge in [-0.05, 0) is 60.4 Å². The molecule has 230 valence electrons. The molecule has 0 amide bonds. The van der Waals surface area contributed by atoms with Gasteiger partial charge in [0.05, 0.1) is 0 Å². The third-order valence-electron chi connectivity index (χ3n) is 8.45. The Labute approximate surface area is 254 Å². The van der Waals surface area contributed by atoms with Gasteiger partial charge in [-0.3, -0.25) is 0 Å². The van der Waals surface area contributed by atoms with Gasteiger partial charge in [-0.1, -0.05) is 120 Å². The van der Waals surface area contributed by atoms with Crippen molar-refractivity contribution in [1.29, 1.82) is 0 Å². The molecule has 0 aromatic heterocycles. The van der Waals surface area contributed by atoms with E-state index in [1.165, 1.54) is 63.5 Å². The van der Waals surface area contributed by atoms with Crippen LogP contribution in [-0.2, 0) is 0 Å². The maximum absolute atomic E-state index is 15.3. The number of rotatable bonds is 15. The predicted octanol–water partition coefficient (Wildman–Crippen LogP) is 12.2. The van der Waals surface area contributed by atoms with Crippen molar-refractivity contribution in [2.45, 2.75) is 90.9 Å². The maximum atomic E-state index is 15.3. The van der Waals surface area contributed by atoms with Gasteiger partial charge in [-0.25, -0.2) is 13.2 Å². The van der Waals surface area contributed by atoms with Gasteiger partial charge in [-0.15, -0.1) is 0 Å². The zero-order chi connectivity index (χ0) is 30.6. The van der Waals surface area contributed by atoms with Gasteiger partial charge in [0.15, 0.2) is 23.2 Å². The Kier molecular flexibility index (Phi) is 12.5. The summed E-state index contributed by atoms with van der Waals surface area (Å²) < 4.78 is 65.4. The molecule has 1 aliphatic rings. The van der Waals surface area contributed by atoms with E-state index in [9.17, 15) is 8.78 Å². The molecule has 0 heterocycles. The first-order chi connectivity index (χ1) is 20.9. The van der Waals surface area contributed by atoms with E-state index >= 15 is 8.78 Å². The zero-order valence-electron chi connectivity index (χ0n) is 25.5. The van der Waals surface area contributed by atoms with Crippen LogP contribution in [0.1, 0.15) is 96.5 Å². The Morgan fingerprint density at radius 2 is 1.26 bits per heavy atom. The molecule has 0 saturated heterocycles. The van der Waals surface area contributed by atoms with E-state index in [0.717, 1.165) is 31.3 Å². The smallest absolute Gasteiger partial charge is 0.201 e. The topological polar surface area (TPSA) is 9.23 Å². The first-order valence-corrected chi connectivity index (χ1v) is 16.0. The lowest BCUT2D eigenvalue weighted by atomic mass is 9.83. The molecule has 5 heteroatoms. The van der Waals surface area contributed by atoms with Gasteiger partial charge >= 0.3 is 0 Å². The minimum Gasteiger partial charge on any atom is -0.486 e. The average molecular weight is 593 g/mol. The predicted molar refractivity (Wildman–Crippen MR) is 170 cm³/mol. The number of allylic oxidation sites excluding steroid dienone is 3. The first-order valence-electron chi connectivity index (χ1n) is 16.0. The molecule has 1 atom stereocenters. The van der Waals surface area contributed by atoms with Gasteiger partial charge in [0.2, 0.25) is 5.82 Å². The summed E-state index contributed by atoms with van der Waals surface area (Å²) in [5.41, 5.74) is 2.29. The third-order valence-corrected chi connectivity index (χ3v) is 8.45. The lowest BCUT2D eigenvalue weighted by Crippen LogP contribution is -2.07. The number of unbranched alkanes of at least 4 members (excludes halogenated alkanes) is 6. The highest BCUT2D eigenvalue weighted by Crippen LogP contribution is 2.37. The van der Waals surface area contributed by atoms with Crippen molar-refractivity contribution >= 4 is 5.57 Å². The Morgan fingerprint density at radius 3 is 1.88 bits per heavy atom. The van der Waals surface area contributed by atoms with E-state index in [-0.39, 0.29) is 23.5 Å². The second-order valence-corrected chi connectivity index (χ2v) is 11.6. The fraction of sp³-hybridized carbons (Fsp3) is 0.421. The van der Waals surface area contributed by atoms with Crippen LogP contribution in [0.4, 0.5) is 17.6 Å².